The molecule has 166 valence electrons. The summed E-state index contributed by atoms with van der Waals surface area (Å²) >= 11 is 0. The molecule has 0 saturated carbocycles. The number of halogens is 1. The van der Waals surface area contributed by atoms with Gasteiger partial charge in [-0.25, -0.2) is 0 Å². The quantitative estimate of drug-likeness (QED) is 0.325. The van der Waals surface area contributed by atoms with Gasteiger partial charge < -0.3 is 24.3 Å². The first kappa shape index (κ1) is 24.5. The summed E-state index contributed by atoms with van der Waals surface area (Å²) in [6.07, 6.45) is 2.06. The standard InChI is InChI=1S/C22H33N5O2.HI/c1-23-22(26(3)18-20-7-5-9-25(20)2)24-17-19-6-4-8-21(16-19)29-15-12-27-10-13-28-14-11-27;/h4-9,16H,10-15,17-18H2,1-3H3,(H,23,24);1H. The van der Waals surface area contributed by atoms with Crippen molar-refractivity contribution in [1.29, 1.82) is 0 Å². The Bertz CT molecular complexity index is 789. The SMILES string of the molecule is CN=C(NCc1cccc(OCCN2CCOCC2)c1)N(C)Cc1cccn1C.I. The first-order valence-electron chi connectivity index (χ1n) is 10.2. The fourth-order valence-corrected chi connectivity index (χ4v) is 3.41. The fraction of sp³-hybridized carbons (Fsp3) is 0.500. The van der Waals surface area contributed by atoms with E-state index in [1.54, 1.807) is 0 Å². The average Bonchev–Trinajstić information content (AvgIpc) is 3.14. The second-order valence-electron chi connectivity index (χ2n) is 7.32. The van der Waals surface area contributed by atoms with Crippen molar-refractivity contribution in [1.82, 2.24) is 19.7 Å². The van der Waals surface area contributed by atoms with Crippen LogP contribution in [0.25, 0.3) is 0 Å². The van der Waals surface area contributed by atoms with Crippen molar-refractivity contribution in [3.63, 3.8) is 0 Å². The molecule has 1 N–H and O–H groups in total. The number of aromatic nitrogens is 1. The summed E-state index contributed by atoms with van der Waals surface area (Å²) < 4.78 is 13.5. The molecule has 1 aromatic carbocycles. The molecule has 0 spiro atoms. The third-order valence-electron chi connectivity index (χ3n) is 5.15. The topological polar surface area (TPSA) is 54.3 Å². The largest absolute Gasteiger partial charge is 0.492 e. The van der Waals surface area contributed by atoms with Gasteiger partial charge in [0.2, 0.25) is 0 Å². The maximum atomic E-state index is 5.96. The average molecular weight is 527 g/mol. The molecule has 1 aliphatic rings. The Morgan fingerprint density at radius 3 is 2.73 bits per heavy atom. The lowest BCUT2D eigenvalue weighted by molar-refractivity contribution is 0.0322. The van der Waals surface area contributed by atoms with Crippen molar-refractivity contribution in [2.75, 3.05) is 53.6 Å². The van der Waals surface area contributed by atoms with Gasteiger partial charge in [-0.15, -0.1) is 24.0 Å². The van der Waals surface area contributed by atoms with Gasteiger partial charge in [-0.1, -0.05) is 12.1 Å². The van der Waals surface area contributed by atoms with Crippen molar-refractivity contribution in [2.45, 2.75) is 13.1 Å². The van der Waals surface area contributed by atoms with Crippen molar-refractivity contribution in [3.8, 4) is 5.75 Å². The lowest BCUT2D eigenvalue weighted by Crippen LogP contribution is -2.38. The van der Waals surface area contributed by atoms with E-state index in [-0.39, 0.29) is 24.0 Å². The molecule has 0 atom stereocenters. The minimum Gasteiger partial charge on any atom is -0.492 e. The zero-order valence-electron chi connectivity index (χ0n) is 18.2. The predicted octanol–water partition coefficient (Wildman–Crippen LogP) is 2.56. The summed E-state index contributed by atoms with van der Waals surface area (Å²) in [5, 5.41) is 3.44. The summed E-state index contributed by atoms with van der Waals surface area (Å²) in [5.41, 5.74) is 2.41. The first-order chi connectivity index (χ1) is 14.2. The highest BCUT2D eigenvalue weighted by atomic mass is 127. The van der Waals surface area contributed by atoms with Crippen molar-refractivity contribution >= 4 is 29.9 Å². The highest BCUT2D eigenvalue weighted by Gasteiger charge is 2.10. The van der Waals surface area contributed by atoms with Crippen LogP contribution in [0, 0.1) is 0 Å². The van der Waals surface area contributed by atoms with Gasteiger partial charge in [-0.2, -0.15) is 0 Å². The molecule has 0 radical (unpaired) electrons. The number of rotatable bonds is 8. The van der Waals surface area contributed by atoms with Crippen LogP contribution in [0.15, 0.2) is 47.6 Å². The normalized spacial score (nSPS) is 14.8. The number of hydrogen-bond acceptors (Lipinski definition) is 4. The molecule has 3 rings (SSSR count). The summed E-state index contributed by atoms with van der Waals surface area (Å²) in [7, 11) is 5.92. The second-order valence-corrected chi connectivity index (χ2v) is 7.32. The summed E-state index contributed by atoms with van der Waals surface area (Å²) in [4.78, 5) is 8.91. The number of benzene rings is 1. The van der Waals surface area contributed by atoms with E-state index in [0.717, 1.165) is 51.1 Å². The highest BCUT2D eigenvalue weighted by Crippen LogP contribution is 2.14. The Kier molecular flexibility index (Phi) is 10.5. The summed E-state index contributed by atoms with van der Waals surface area (Å²) in [6, 6.07) is 12.4. The third-order valence-corrected chi connectivity index (χ3v) is 5.15. The molecule has 1 fully saturated rings. The Morgan fingerprint density at radius 1 is 1.23 bits per heavy atom. The third kappa shape index (κ3) is 7.48. The van der Waals surface area contributed by atoms with Crippen LogP contribution < -0.4 is 10.1 Å². The molecule has 1 aromatic heterocycles. The monoisotopic (exact) mass is 527 g/mol. The predicted molar refractivity (Wildman–Crippen MR) is 132 cm³/mol. The maximum absolute atomic E-state index is 5.96. The van der Waals surface area contributed by atoms with Crippen LogP contribution in [0.1, 0.15) is 11.3 Å². The maximum Gasteiger partial charge on any atom is 0.194 e. The van der Waals surface area contributed by atoms with Gasteiger partial charge in [0.05, 0.1) is 19.8 Å². The highest BCUT2D eigenvalue weighted by molar-refractivity contribution is 14.0. The van der Waals surface area contributed by atoms with E-state index in [4.69, 9.17) is 9.47 Å². The van der Waals surface area contributed by atoms with Crippen LogP contribution >= 0.6 is 24.0 Å². The molecule has 0 aliphatic carbocycles. The number of aliphatic imine (C=N–C) groups is 1. The number of nitrogens with one attached hydrogen (secondary N) is 1. The molecule has 8 heteroatoms. The van der Waals surface area contributed by atoms with Crippen LogP contribution in [0.2, 0.25) is 0 Å². The second kappa shape index (κ2) is 12.8. The smallest absolute Gasteiger partial charge is 0.194 e. The number of aryl methyl sites for hydroxylation is 1. The zero-order valence-corrected chi connectivity index (χ0v) is 20.5. The Morgan fingerprint density at radius 2 is 2.03 bits per heavy atom. The van der Waals surface area contributed by atoms with E-state index < -0.39 is 0 Å². The number of ether oxygens (including phenoxy) is 2. The Hall–Kier alpha value is -1.78. The molecule has 0 bridgehead atoms. The molecule has 0 amide bonds. The van der Waals surface area contributed by atoms with Crippen LogP contribution in [0.4, 0.5) is 0 Å². The molecule has 1 aliphatic heterocycles. The lowest BCUT2D eigenvalue weighted by atomic mass is 10.2. The van der Waals surface area contributed by atoms with Crippen LogP contribution in [0.5, 0.6) is 5.75 Å². The molecular weight excluding hydrogens is 493 g/mol. The van der Waals surface area contributed by atoms with Gasteiger partial charge in [0, 0.05) is 59.2 Å². The molecule has 2 heterocycles. The van der Waals surface area contributed by atoms with Gasteiger partial charge in [-0.05, 0) is 29.8 Å². The van der Waals surface area contributed by atoms with Gasteiger partial charge in [0.15, 0.2) is 5.96 Å². The molecule has 0 unspecified atom stereocenters. The Labute approximate surface area is 197 Å². The van der Waals surface area contributed by atoms with E-state index in [9.17, 15) is 0 Å². The summed E-state index contributed by atoms with van der Waals surface area (Å²) in [5.74, 6) is 1.77. The fourth-order valence-electron chi connectivity index (χ4n) is 3.41. The van der Waals surface area contributed by atoms with Gasteiger partial charge >= 0.3 is 0 Å². The number of guanidine groups is 1. The minimum atomic E-state index is 0. The first-order valence-corrected chi connectivity index (χ1v) is 10.2. The van der Waals surface area contributed by atoms with Gasteiger partial charge in [0.1, 0.15) is 12.4 Å². The minimum absolute atomic E-state index is 0. The van der Waals surface area contributed by atoms with Crippen LogP contribution in [-0.4, -0.2) is 73.9 Å². The van der Waals surface area contributed by atoms with Crippen molar-refractivity contribution < 1.29 is 9.47 Å². The number of hydrogen-bond donors (Lipinski definition) is 1. The Balaban J connectivity index is 0.00000320. The van der Waals surface area contributed by atoms with E-state index in [2.05, 4.69) is 62.2 Å². The van der Waals surface area contributed by atoms with E-state index in [0.29, 0.717) is 13.2 Å². The molecule has 30 heavy (non-hydrogen) atoms. The van der Waals surface area contributed by atoms with Gasteiger partial charge in [-0.3, -0.25) is 9.89 Å². The molecule has 1 saturated heterocycles. The van der Waals surface area contributed by atoms with Gasteiger partial charge in [0.25, 0.3) is 0 Å². The number of nitrogens with zero attached hydrogens (tertiary/aromatic N) is 4. The molecular formula is C22H34IN5O2. The number of morpholine rings is 1. The lowest BCUT2D eigenvalue weighted by Gasteiger charge is -2.26. The zero-order chi connectivity index (χ0) is 20.5. The van der Waals surface area contributed by atoms with E-state index in [1.807, 2.05) is 26.2 Å². The van der Waals surface area contributed by atoms with Crippen molar-refractivity contribution in [3.05, 3.63) is 53.9 Å². The van der Waals surface area contributed by atoms with E-state index in [1.165, 1.54) is 11.3 Å². The summed E-state index contributed by atoms with van der Waals surface area (Å²) in [6.45, 7) is 6.74. The van der Waals surface area contributed by atoms with Crippen LogP contribution in [-0.2, 0) is 24.9 Å². The van der Waals surface area contributed by atoms with Crippen LogP contribution in [0.3, 0.4) is 0 Å². The van der Waals surface area contributed by atoms with Crippen molar-refractivity contribution in [2.24, 2.45) is 12.0 Å². The van der Waals surface area contributed by atoms with E-state index >= 15 is 0 Å². The molecule has 2 aromatic rings. The molecule has 7 nitrogen and oxygen atoms in total.